The van der Waals surface area contributed by atoms with Crippen LogP contribution in [0.1, 0.15) is 31.8 Å². The first kappa shape index (κ1) is 29.4. The lowest BCUT2D eigenvalue weighted by molar-refractivity contribution is -0.137. The van der Waals surface area contributed by atoms with E-state index in [1.807, 2.05) is 0 Å². The van der Waals surface area contributed by atoms with Gasteiger partial charge in [-0.05, 0) is 48.9 Å². The van der Waals surface area contributed by atoms with E-state index in [2.05, 4.69) is 30.8 Å². The van der Waals surface area contributed by atoms with Crippen molar-refractivity contribution in [2.45, 2.75) is 13.1 Å². The van der Waals surface area contributed by atoms with Gasteiger partial charge in [-0.3, -0.25) is 14.5 Å². The molecule has 1 saturated heterocycles. The maximum atomic E-state index is 13.5. The Morgan fingerprint density at radius 3 is 2.52 bits per heavy atom. The van der Waals surface area contributed by atoms with E-state index in [9.17, 15) is 22.8 Å². The van der Waals surface area contributed by atoms with E-state index < -0.39 is 29.1 Å². The molecule has 2 heterocycles. The molecular formula is C29H28ClF3N6O3. The minimum absolute atomic E-state index is 0.101. The van der Waals surface area contributed by atoms with Crippen molar-refractivity contribution >= 4 is 51.8 Å². The van der Waals surface area contributed by atoms with Crippen molar-refractivity contribution < 1.29 is 27.5 Å². The van der Waals surface area contributed by atoms with Gasteiger partial charge in [0.05, 0.1) is 35.4 Å². The molecule has 13 heteroatoms. The Balaban J connectivity index is 1.45. The molecule has 220 valence electrons. The molecule has 0 unspecified atom stereocenters. The van der Waals surface area contributed by atoms with Gasteiger partial charge >= 0.3 is 6.18 Å². The number of anilines is 3. The van der Waals surface area contributed by atoms with E-state index in [0.717, 1.165) is 31.8 Å². The Bertz CT molecular complexity index is 1620. The van der Waals surface area contributed by atoms with Crippen molar-refractivity contribution in [2.24, 2.45) is 0 Å². The maximum absolute atomic E-state index is 13.5. The third-order valence-corrected chi connectivity index (χ3v) is 7.32. The van der Waals surface area contributed by atoms with Crippen molar-refractivity contribution in [3.8, 4) is 0 Å². The summed E-state index contributed by atoms with van der Waals surface area (Å²) in [5, 5.41) is 9.01. The van der Waals surface area contributed by atoms with Crippen LogP contribution in [0, 0.1) is 6.92 Å². The molecule has 0 atom stereocenters. The topological polar surface area (TPSA) is 111 Å². The average Bonchev–Trinajstić information content (AvgIpc) is 3.38. The number of aromatic amines is 1. The molecule has 42 heavy (non-hydrogen) atoms. The molecular weight excluding hydrogens is 573 g/mol. The smallest absolute Gasteiger partial charge is 0.379 e. The Labute approximate surface area is 244 Å². The number of nitrogens with one attached hydrogen (secondary N) is 4. The fourth-order valence-corrected chi connectivity index (χ4v) is 4.84. The molecule has 2 amide bonds. The first-order valence-electron chi connectivity index (χ1n) is 13.2. The monoisotopic (exact) mass is 600 g/mol. The summed E-state index contributed by atoms with van der Waals surface area (Å²) in [4.78, 5) is 36.4. The van der Waals surface area contributed by atoms with Crippen molar-refractivity contribution in [3.63, 3.8) is 0 Å². The largest absolute Gasteiger partial charge is 0.417 e. The third kappa shape index (κ3) is 6.67. The zero-order chi connectivity index (χ0) is 29.9. The number of aromatic nitrogens is 2. The van der Waals surface area contributed by atoms with Crippen LogP contribution in [0.25, 0.3) is 11.0 Å². The number of imidazole rings is 1. The molecule has 9 nitrogen and oxygen atoms in total. The van der Waals surface area contributed by atoms with Gasteiger partial charge in [-0.2, -0.15) is 13.2 Å². The summed E-state index contributed by atoms with van der Waals surface area (Å²) in [5.41, 5.74) is 0.461. The number of hydrogen-bond acceptors (Lipinski definition) is 6. The van der Waals surface area contributed by atoms with Crippen LogP contribution in [0.3, 0.4) is 0 Å². The Morgan fingerprint density at radius 1 is 1.02 bits per heavy atom. The van der Waals surface area contributed by atoms with Crippen molar-refractivity contribution in [2.75, 3.05) is 55.3 Å². The fourth-order valence-electron chi connectivity index (χ4n) is 4.66. The maximum Gasteiger partial charge on any atom is 0.417 e. The number of nitrogens with zero attached hydrogens (tertiary/aromatic N) is 2. The number of H-pyrrole nitrogens is 1. The molecule has 0 aliphatic carbocycles. The second-order valence-corrected chi connectivity index (χ2v) is 10.2. The Kier molecular flexibility index (Phi) is 8.66. The molecule has 1 aliphatic heterocycles. The number of ether oxygens (including phenoxy) is 1. The van der Waals surface area contributed by atoms with Crippen LogP contribution < -0.4 is 16.0 Å². The molecule has 4 N–H and O–H groups in total. The zero-order valence-corrected chi connectivity index (χ0v) is 23.3. The molecule has 0 radical (unpaired) electrons. The predicted octanol–water partition coefficient (Wildman–Crippen LogP) is 5.79. The first-order valence-corrected chi connectivity index (χ1v) is 13.6. The molecule has 3 aromatic carbocycles. The van der Waals surface area contributed by atoms with Crippen LogP contribution in [0.5, 0.6) is 0 Å². The highest BCUT2D eigenvalue weighted by molar-refractivity contribution is 6.31. The van der Waals surface area contributed by atoms with E-state index in [-0.39, 0.29) is 11.3 Å². The van der Waals surface area contributed by atoms with E-state index in [0.29, 0.717) is 53.0 Å². The highest BCUT2D eigenvalue weighted by Crippen LogP contribution is 2.33. The third-order valence-electron chi connectivity index (χ3n) is 6.91. The van der Waals surface area contributed by atoms with Crippen LogP contribution >= 0.6 is 11.6 Å². The molecule has 1 aliphatic rings. The number of morpholine rings is 1. The summed E-state index contributed by atoms with van der Waals surface area (Å²) in [7, 11) is 0. The first-order chi connectivity index (χ1) is 20.1. The molecule has 5 rings (SSSR count). The van der Waals surface area contributed by atoms with E-state index in [4.69, 9.17) is 16.3 Å². The summed E-state index contributed by atoms with van der Waals surface area (Å²) in [6.07, 6.45) is -4.72. The lowest BCUT2D eigenvalue weighted by atomic mass is 10.1. The fraction of sp³-hybridized carbons (Fsp3) is 0.276. The highest BCUT2D eigenvalue weighted by atomic mass is 35.5. The van der Waals surface area contributed by atoms with Crippen LogP contribution in [-0.4, -0.2) is 66.1 Å². The Hall–Kier alpha value is -4.13. The van der Waals surface area contributed by atoms with Crippen molar-refractivity contribution in [1.82, 2.24) is 14.9 Å². The summed E-state index contributed by atoms with van der Waals surface area (Å²) in [5.74, 6) is -1.11. The molecule has 0 bridgehead atoms. The van der Waals surface area contributed by atoms with Gasteiger partial charge in [-0.1, -0.05) is 29.8 Å². The molecule has 1 fully saturated rings. The van der Waals surface area contributed by atoms with Gasteiger partial charge in [0.2, 0.25) is 5.95 Å². The van der Waals surface area contributed by atoms with E-state index in [1.165, 1.54) is 24.3 Å². The number of amides is 2. The highest BCUT2D eigenvalue weighted by Gasteiger charge is 2.35. The Morgan fingerprint density at radius 2 is 1.76 bits per heavy atom. The van der Waals surface area contributed by atoms with Crippen LogP contribution in [0.15, 0.2) is 54.6 Å². The van der Waals surface area contributed by atoms with Gasteiger partial charge in [0.1, 0.15) is 5.52 Å². The lowest BCUT2D eigenvalue weighted by Crippen LogP contribution is -2.39. The van der Waals surface area contributed by atoms with E-state index >= 15 is 0 Å². The van der Waals surface area contributed by atoms with Crippen LogP contribution in [-0.2, 0) is 10.9 Å². The second-order valence-electron chi connectivity index (χ2n) is 9.75. The quantitative estimate of drug-likeness (QED) is 0.204. The van der Waals surface area contributed by atoms with Gasteiger partial charge in [0.25, 0.3) is 11.8 Å². The van der Waals surface area contributed by atoms with E-state index in [1.54, 1.807) is 25.1 Å². The van der Waals surface area contributed by atoms with Gasteiger partial charge in [0, 0.05) is 42.6 Å². The molecule has 0 saturated carbocycles. The zero-order valence-electron chi connectivity index (χ0n) is 22.6. The van der Waals surface area contributed by atoms with Crippen LogP contribution in [0.4, 0.5) is 30.5 Å². The van der Waals surface area contributed by atoms with Crippen molar-refractivity contribution in [3.05, 3.63) is 81.9 Å². The number of benzene rings is 3. The summed E-state index contributed by atoms with van der Waals surface area (Å²) in [6.45, 7) is 6.09. The SMILES string of the molecule is Cc1c(Cl)cccc1NC(=O)c1cc(NC(=O)c2ccccc2C(F)(F)F)cc2[nH]c(NCCN3CCOCC3)nc12. The second kappa shape index (κ2) is 12.4. The van der Waals surface area contributed by atoms with Gasteiger partial charge in [-0.25, -0.2) is 4.98 Å². The number of alkyl halides is 3. The summed E-state index contributed by atoms with van der Waals surface area (Å²) >= 11 is 6.22. The van der Waals surface area contributed by atoms with Gasteiger partial charge in [0.15, 0.2) is 0 Å². The molecule has 1 aromatic heterocycles. The average molecular weight is 601 g/mol. The number of carbonyl (C=O) groups excluding carboxylic acids is 2. The number of halogens is 4. The summed E-state index contributed by atoms with van der Waals surface area (Å²) in [6, 6.07) is 12.5. The number of hydrogen-bond donors (Lipinski definition) is 4. The number of carbonyl (C=O) groups is 2. The minimum Gasteiger partial charge on any atom is -0.379 e. The van der Waals surface area contributed by atoms with Crippen molar-refractivity contribution in [1.29, 1.82) is 0 Å². The molecule has 0 spiro atoms. The van der Waals surface area contributed by atoms with Gasteiger partial charge in [-0.15, -0.1) is 0 Å². The minimum atomic E-state index is -4.72. The predicted molar refractivity (Wildman–Crippen MR) is 155 cm³/mol. The van der Waals surface area contributed by atoms with Gasteiger partial charge < -0.3 is 25.7 Å². The standard InChI is InChI=1S/C29H28ClF3N6O3/c1-17-22(30)7-4-8-23(17)36-27(41)20-15-18(35-26(40)19-5-2-3-6-21(19)29(31,32)33)16-24-25(20)38-28(37-24)34-9-10-39-11-13-42-14-12-39/h2-8,15-16H,9-14H2,1H3,(H,35,40)(H,36,41)(H2,34,37,38). The normalized spacial score (nSPS) is 14.1. The summed E-state index contributed by atoms with van der Waals surface area (Å²) < 4.78 is 46.0. The molecule has 4 aromatic rings. The number of rotatable bonds is 8. The number of fused-ring (bicyclic) bond motifs is 1. The lowest BCUT2D eigenvalue weighted by Gasteiger charge is -2.26. The van der Waals surface area contributed by atoms with Crippen LogP contribution in [0.2, 0.25) is 5.02 Å².